The average Bonchev–Trinajstić information content (AvgIpc) is 2.68. The first-order valence-electron chi connectivity index (χ1n) is 5.13. The molecule has 3 N–H and O–H groups in total. The number of amides is 1. The SMILES string of the molecule is N#CCC(=O)NC12CCC(C1)[C@H](O)[C@@H]2O. The van der Waals surface area contributed by atoms with Crippen molar-refractivity contribution in [1.82, 2.24) is 5.32 Å². The van der Waals surface area contributed by atoms with Gasteiger partial charge in [0.1, 0.15) is 12.5 Å². The minimum absolute atomic E-state index is 0.0855. The maximum absolute atomic E-state index is 11.3. The van der Waals surface area contributed by atoms with E-state index >= 15 is 0 Å². The van der Waals surface area contributed by atoms with Crippen LogP contribution in [-0.4, -0.2) is 33.9 Å². The van der Waals surface area contributed by atoms with Crippen molar-refractivity contribution in [2.24, 2.45) is 5.92 Å². The lowest BCUT2D eigenvalue weighted by atomic mass is 9.89. The fourth-order valence-electron chi connectivity index (χ4n) is 2.84. The van der Waals surface area contributed by atoms with Crippen LogP contribution in [0.3, 0.4) is 0 Å². The van der Waals surface area contributed by atoms with Gasteiger partial charge in [0, 0.05) is 0 Å². The number of rotatable bonds is 2. The molecule has 0 heterocycles. The number of carbonyl (C=O) groups is 1. The average molecular weight is 210 g/mol. The van der Waals surface area contributed by atoms with Crippen molar-refractivity contribution in [2.45, 2.75) is 43.4 Å². The number of aliphatic hydroxyl groups excluding tert-OH is 2. The summed E-state index contributed by atoms with van der Waals surface area (Å²) in [7, 11) is 0. The number of carbonyl (C=O) groups excluding carboxylic acids is 1. The molecule has 0 spiro atoms. The number of fused-ring (bicyclic) bond motifs is 2. The lowest BCUT2D eigenvalue weighted by Crippen LogP contribution is -2.56. The Labute approximate surface area is 87.7 Å². The van der Waals surface area contributed by atoms with Crippen molar-refractivity contribution in [3.63, 3.8) is 0 Å². The summed E-state index contributed by atoms with van der Waals surface area (Å²) in [6.07, 6.45) is 0.305. The highest BCUT2D eigenvalue weighted by Crippen LogP contribution is 2.47. The van der Waals surface area contributed by atoms with Gasteiger partial charge in [-0.3, -0.25) is 4.79 Å². The molecule has 0 saturated heterocycles. The van der Waals surface area contributed by atoms with Crippen LogP contribution in [0, 0.1) is 17.2 Å². The number of hydrogen-bond acceptors (Lipinski definition) is 4. The van der Waals surface area contributed by atoms with Crippen LogP contribution in [0.2, 0.25) is 0 Å². The van der Waals surface area contributed by atoms with Crippen LogP contribution >= 0.6 is 0 Å². The Morgan fingerprint density at radius 2 is 2.33 bits per heavy atom. The first kappa shape index (κ1) is 10.4. The third-order valence-electron chi connectivity index (χ3n) is 3.59. The second-order valence-corrected chi connectivity index (χ2v) is 4.48. The molecule has 0 aliphatic heterocycles. The molecule has 15 heavy (non-hydrogen) atoms. The Balaban J connectivity index is 2.08. The molecule has 0 aromatic heterocycles. The molecule has 5 nitrogen and oxygen atoms in total. The van der Waals surface area contributed by atoms with Crippen molar-refractivity contribution in [2.75, 3.05) is 0 Å². The normalized spacial score (nSPS) is 42.6. The molecule has 2 aliphatic rings. The summed E-state index contributed by atoms with van der Waals surface area (Å²) < 4.78 is 0. The van der Waals surface area contributed by atoms with E-state index in [1.165, 1.54) is 0 Å². The van der Waals surface area contributed by atoms with Crippen LogP contribution in [0.5, 0.6) is 0 Å². The quantitative estimate of drug-likeness (QED) is 0.561. The maximum Gasteiger partial charge on any atom is 0.234 e. The molecule has 5 heteroatoms. The second-order valence-electron chi connectivity index (χ2n) is 4.48. The zero-order valence-corrected chi connectivity index (χ0v) is 8.31. The van der Waals surface area contributed by atoms with Gasteiger partial charge in [0.15, 0.2) is 0 Å². The van der Waals surface area contributed by atoms with Gasteiger partial charge in [-0.1, -0.05) is 0 Å². The van der Waals surface area contributed by atoms with E-state index in [9.17, 15) is 15.0 Å². The van der Waals surface area contributed by atoms with Crippen LogP contribution in [-0.2, 0) is 4.79 Å². The summed E-state index contributed by atoms with van der Waals surface area (Å²) in [5.74, 6) is -0.284. The van der Waals surface area contributed by atoms with Crippen LogP contribution in [0.15, 0.2) is 0 Å². The maximum atomic E-state index is 11.3. The highest BCUT2D eigenvalue weighted by Gasteiger charge is 2.57. The lowest BCUT2D eigenvalue weighted by molar-refractivity contribution is -0.124. The third kappa shape index (κ3) is 1.50. The van der Waals surface area contributed by atoms with Crippen LogP contribution in [0.1, 0.15) is 25.7 Å². The van der Waals surface area contributed by atoms with Crippen LogP contribution < -0.4 is 5.32 Å². The van der Waals surface area contributed by atoms with E-state index in [0.29, 0.717) is 12.8 Å². The van der Waals surface area contributed by atoms with Gasteiger partial charge >= 0.3 is 0 Å². The van der Waals surface area contributed by atoms with E-state index in [4.69, 9.17) is 5.26 Å². The molecule has 2 rings (SSSR count). The molecule has 2 bridgehead atoms. The van der Waals surface area contributed by atoms with Crippen molar-refractivity contribution in [3.05, 3.63) is 0 Å². The fourth-order valence-corrected chi connectivity index (χ4v) is 2.84. The van der Waals surface area contributed by atoms with E-state index in [2.05, 4.69) is 5.32 Å². The Morgan fingerprint density at radius 1 is 1.60 bits per heavy atom. The first-order valence-corrected chi connectivity index (χ1v) is 5.13. The van der Waals surface area contributed by atoms with Gasteiger partial charge in [-0.05, 0) is 25.2 Å². The van der Waals surface area contributed by atoms with Gasteiger partial charge in [-0.15, -0.1) is 0 Å². The highest BCUT2D eigenvalue weighted by molar-refractivity contribution is 5.79. The largest absolute Gasteiger partial charge is 0.390 e. The summed E-state index contributed by atoms with van der Waals surface area (Å²) in [6.45, 7) is 0. The van der Waals surface area contributed by atoms with Gasteiger partial charge in [0.25, 0.3) is 0 Å². The molecule has 2 unspecified atom stereocenters. The van der Waals surface area contributed by atoms with Gasteiger partial charge in [-0.2, -0.15) is 5.26 Å². The standard InChI is InChI=1S/C10H14N2O3/c11-4-2-7(13)12-10-3-1-6(5-10)8(14)9(10)15/h6,8-9,14-15H,1-3,5H2,(H,12,13)/t6?,8-,9-,10?/m0/s1. The summed E-state index contributed by atoms with van der Waals surface area (Å²) in [5, 5.41) is 30.5. The molecule has 0 radical (unpaired) electrons. The summed E-state index contributed by atoms with van der Waals surface area (Å²) in [5.41, 5.74) is -0.683. The Bertz CT molecular complexity index is 325. The van der Waals surface area contributed by atoms with Crippen molar-refractivity contribution in [1.29, 1.82) is 5.26 Å². The topological polar surface area (TPSA) is 93.4 Å². The van der Waals surface area contributed by atoms with Gasteiger partial charge in [0.05, 0.1) is 17.7 Å². The third-order valence-corrected chi connectivity index (χ3v) is 3.59. The van der Waals surface area contributed by atoms with Gasteiger partial charge < -0.3 is 15.5 Å². The van der Waals surface area contributed by atoms with Crippen LogP contribution in [0.25, 0.3) is 0 Å². The molecule has 82 valence electrons. The van der Waals surface area contributed by atoms with Crippen molar-refractivity contribution in [3.8, 4) is 6.07 Å². The van der Waals surface area contributed by atoms with Crippen molar-refractivity contribution < 1.29 is 15.0 Å². The Morgan fingerprint density at radius 3 is 2.87 bits per heavy atom. The lowest BCUT2D eigenvalue weighted by Gasteiger charge is -2.34. The Kier molecular flexibility index (Phi) is 2.41. The highest BCUT2D eigenvalue weighted by atomic mass is 16.3. The summed E-state index contributed by atoms with van der Waals surface area (Å²) in [6, 6.07) is 1.77. The van der Waals surface area contributed by atoms with E-state index in [0.717, 1.165) is 6.42 Å². The summed E-state index contributed by atoms with van der Waals surface area (Å²) >= 11 is 0. The predicted octanol–water partition coefficient (Wildman–Crippen LogP) is -0.709. The fraction of sp³-hybridized carbons (Fsp3) is 0.800. The monoisotopic (exact) mass is 210 g/mol. The smallest absolute Gasteiger partial charge is 0.234 e. The van der Waals surface area contributed by atoms with E-state index in [1.54, 1.807) is 6.07 Å². The Hall–Kier alpha value is -1.12. The molecule has 2 fully saturated rings. The van der Waals surface area contributed by atoms with Gasteiger partial charge in [0.2, 0.25) is 5.91 Å². The molecule has 0 aromatic carbocycles. The summed E-state index contributed by atoms with van der Waals surface area (Å²) in [4.78, 5) is 11.3. The molecular weight excluding hydrogens is 196 g/mol. The minimum Gasteiger partial charge on any atom is -0.390 e. The number of nitrogens with one attached hydrogen (secondary N) is 1. The van der Waals surface area contributed by atoms with E-state index in [-0.39, 0.29) is 18.2 Å². The van der Waals surface area contributed by atoms with E-state index < -0.39 is 17.7 Å². The number of nitrogens with zero attached hydrogens (tertiary/aromatic N) is 1. The molecule has 4 atom stereocenters. The number of hydrogen-bond donors (Lipinski definition) is 3. The predicted molar refractivity (Wildman–Crippen MR) is 50.5 cm³/mol. The second kappa shape index (κ2) is 3.47. The zero-order valence-electron chi connectivity index (χ0n) is 8.31. The molecule has 2 saturated carbocycles. The number of nitriles is 1. The molecule has 2 aliphatic carbocycles. The molecule has 1 amide bonds. The van der Waals surface area contributed by atoms with E-state index in [1.807, 2.05) is 0 Å². The number of aliphatic hydroxyl groups is 2. The first-order chi connectivity index (χ1) is 7.09. The van der Waals surface area contributed by atoms with Crippen LogP contribution in [0.4, 0.5) is 0 Å². The minimum atomic E-state index is -0.890. The molecular formula is C10H14N2O3. The zero-order chi connectivity index (χ0) is 11.1. The molecule has 0 aromatic rings. The van der Waals surface area contributed by atoms with Crippen molar-refractivity contribution >= 4 is 5.91 Å². The van der Waals surface area contributed by atoms with Gasteiger partial charge in [-0.25, -0.2) is 0 Å².